The molecular weight excluding hydrogens is 457 g/mol. The number of hydrogen-bond acceptors (Lipinski definition) is 5. The molecule has 4 aromatic rings. The molecule has 1 heterocycles. The van der Waals surface area contributed by atoms with Crippen LogP contribution in [0, 0.1) is 12.7 Å². The van der Waals surface area contributed by atoms with Crippen molar-refractivity contribution in [2.75, 3.05) is 26.8 Å². The lowest BCUT2D eigenvalue weighted by molar-refractivity contribution is 0.0846. The molecule has 36 heavy (non-hydrogen) atoms. The van der Waals surface area contributed by atoms with Gasteiger partial charge in [0.15, 0.2) is 11.6 Å². The van der Waals surface area contributed by atoms with Gasteiger partial charge in [0.1, 0.15) is 0 Å². The Morgan fingerprint density at radius 3 is 2.33 bits per heavy atom. The molecule has 0 fully saturated rings. The molecule has 7 heteroatoms. The second-order valence-corrected chi connectivity index (χ2v) is 8.72. The normalized spacial score (nSPS) is 12.1. The Morgan fingerprint density at radius 1 is 0.972 bits per heavy atom. The fraction of sp³-hybridized carbons (Fsp3) is 0.276. The summed E-state index contributed by atoms with van der Waals surface area (Å²) in [6.45, 7) is 3.92. The summed E-state index contributed by atoms with van der Waals surface area (Å²) in [5, 5.41) is 15.6. The smallest absolute Gasteiger partial charge is 0.227 e. The summed E-state index contributed by atoms with van der Waals surface area (Å²) in [6, 6.07) is 25.9. The van der Waals surface area contributed by atoms with Crippen molar-refractivity contribution in [1.82, 2.24) is 14.7 Å². The third-order valence-electron chi connectivity index (χ3n) is 5.96. The van der Waals surface area contributed by atoms with E-state index < -0.39 is 11.9 Å². The molecule has 1 atom stereocenters. The predicted molar refractivity (Wildman–Crippen MR) is 138 cm³/mol. The van der Waals surface area contributed by atoms with E-state index in [0.29, 0.717) is 38.5 Å². The number of benzene rings is 3. The van der Waals surface area contributed by atoms with Gasteiger partial charge in [-0.25, -0.2) is 9.07 Å². The SMILES string of the molecule is COCCN(Cc1c(C)nn(-c2ccccc2)c1Oc1ccccc1F)CC(O)Cc1ccccc1. The summed E-state index contributed by atoms with van der Waals surface area (Å²) >= 11 is 0. The quantitative estimate of drug-likeness (QED) is 0.298. The fourth-order valence-electron chi connectivity index (χ4n) is 4.13. The van der Waals surface area contributed by atoms with Crippen LogP contribution in [0.3, 0.4) is 0 Å². The summed E-state index contributed by atoms with van der Waals surface area (Å²) in [6.07, 6.45) is -0.0183. The first-order valence-corrected chi connectivity index (χ1v) is 12.0. The molecule has 188 valence electrons. The van der Waals surface area contributed by atoms with Crippen molar-refractivity contribution >= 4 is 0 Å². The summed E-state index contributed by atoms with van der Waals surface area (Å²) < 4.78 is 27.7. The number of methoxy groups -OCH3 is 1. The molecule has 1 unspecified atom stereocenters. The topological polar surface area (TPSA) is 59.8 Å². The van der Waals surface area contributed by atoms with E-state index >= 15 is 0 Å². The largest absolute Gasteiger partial charge is 0.435 e. The van der Waals surface area contributed by atoms with Crippen LogP contribution in [0.2, 0.25) is 0 Å². The van der Waals surface area contributed by atoms with E-state index in [1.807, 2.05) is 67.6 Å². The molecule has 0 spiro atoms. The maximum absolute atomic E-state index is 14.5. The molecule has 0 amide bonds. The van der Waals surface area contributed by atoms with Gasteiger partial charge in [0.2, 0.25) is 5.88 Å². The van der Waals surface area contributed by atoms with Gasteiger partial charge in [0.25, 0.3) is 0 Å². The van der Waals surface area contributed by atoms with Crippen LogP contribution in [0.4, 0.5) is 4.39 Å². The van der Waals surface area contributed by atoms with E-state index in [0.717, 1.165) is 22.5 Å². The van der Waals surface area contributed by atoms with Crippen LogP contribution >= 0.6 is 0 Å². The molecule has 6 nitrogen and oxygen atoms in total. The van der Waals surface area contributed by atoms with Gasteiger partial charge in [0.05, 0.1) is 29.7 Å². The number of halogens is 1. The van der Waals surface area contributed by atoms with Crippen molar-refractivity contribution in [3.63, 3.8) is 0 Å². The zero-order valence-corrected chi connectivity index (χ0v) is 20.7. The minimum absolute atomic E-state index is 0.128. The van der Waals surface area contributed by atoms with Crippen molar-refractivity contribution in [3.8, 4) is 17.3 Å². The average Bonchev–Trinajstić information content (AvgIpc) is 3.19. The highest BCUT2D eigenvalue weighted by molar-refractivity contribution is 5.43. The Balaban J connectivity index is 1.64. The molecule has 3 aromatic carbocycles. The number of para-hydroxylation sites is 2. The number of rotatable bonds is 12. The highest BCUT2D eigenvalue weighted by Gasteiger charge is 2.23. The van der Waals surface area contributed by atoms with Crippen molar-refractivity contribution < 1.29 is 19.0 Å². The number of aliphatic hydroxyl groups excluding tert-OH is 1. The highest BCUT2D eigenvalue weighted by atomic mass is 19.1. The van der Waals surface area contributed by atoms with Crippen LogP contribution < -0.4 is 4.74 Å². The Bertz CT molecular complexity index is 1230. The molecule has 1 N–H and O–H groups in total. The minimum Gasteiger partial charge on any atom is -0.435 e. The van der Waals surface area contributed by atoms with Gasteiger partial charge >= 0.3 is 0 Å². The Kier molecular flexibility index (Phi) is 8.84. The van der Waals surface area contributed by atoms with Gasteiger partial charge < -0.3 is 14.6 Å². The molecule has 0 aliphatic heterocycles. The minimum atomic E-state index is -0.565. The Labute approximate surface area is 211 Å². The van der Waals surface area contributed by atoms with E-state index in [-0.39, 0.29) is 5.75 Å². The second-order valence-electron chi connectivity index (χ2n) is 8.72. The monoisotopic (exact) mass is 489 g/mol. The number of aryl methyl sites for hydroxylation is 1. The molecule has 0 radical (unpaired) electrons. The standard InChI is InChI=1S/C29H32FN3O3/c1-22-26(21-32(17-18-35-2)20-25(34)19-23-11-5-3-6-12-23)29(36-28-16-10-9-15-27(28)30)33(31-22)24-13-7-4-8-14-24/h3-16,25,34H,17-21H2,1-2H3. The summed E-state index contributed by atoms with van der Waals surface area (Å²) in [4.78, 5) is 2.12. The zero-order chi connectivity index (χ0) is 25.3. The van der Waals surface area contributed by atoms with Crippen LogP contribution in [0.5, 0.6) is 11.6 Å². The zero-order valence-electron chi connectivity index (χ0n) is 20.7. The molecule has 4 rings (SSSR count). The average molecular weight is 490 g/mol. The molecule has 0 aliphatic rings. The van der Waals surface area contributed by atoms with Gasteiger partial charge in [-0.1, -0.05) is 60.7 Å². The second kappa shape index (κ2) is 12.4. The summed E-state index contributed by atoms with van der Waals surface area (Å²) in [5.41, 5.74) is 3.48. The van der Waals surface area contributed by atoms with Gasteiger partial charge in [-0.2, -0.15) is 5.10 Å². The van der Waals surface area contributed by atoms with Crippen LogP contribution in [0.25, 0.3) is 5.69 Å². The molecule has 0 saturated heterocycles. The van der Waals surface area contributed by atoms with Gasteiger partial charge in [-0.15, -0.1) is 0 Å². The van der Waals surface area contributed by atoms with Gasteiger partial charge in [-0.3, -0.25) is 4.90 Å². The van der Waals surface area contributed by atoms with Crippen molar-refractivity contribution in [1.29, 1.82) is 0 Å². The summed E-state index contributed by atoms with van der Waals surface area (Å²) in [7, 11) is 1.66. The number of nitrogens with zero attached hydrogens (tertiary/aromatic N) is 3. The Hall–Kier alpha value is -3.52. The Morgan fingerprint density at radius 2 is 1.64 bits per heavy atom. The van der Waals surface area contributed by atoms with Crippen LogP contribution in [0.1, 0.15) is 16.8 Å². The summed E-state index contributed by atoms with van der Waals surface area (Å²) in [5.74, 6) is 0.128. The van der Waals surface area contributed by atoms with E-state index in [1.54, 1.807) is 30.0 Å². The number of ether oxygens (including phenoxy) is 2. The van der Waals surface area contributed by atoms with Crippen LogP contribution in [0.15, 0.2) is 84.9 Å². The third-order valence-corrected chi connectivity index (χ3v) is 5.96. The molecule has 0 saturated carbocycles. The van der Waals surface area contributed by atoms with Crippen molar-refractivity contribution in [2.24, 2.45) is 0 Å². The van der Waals surface area contributed by atoms with Crippen LogP contribution in [-0.2, 0) is 17.7 Å². The number of aliphatic hydroxyl groups is 1. The maximum atomic E-state index is 14.5. The van der Waals surface area contributed by atoms with E-state index in [4.69, 9.17) is 14.6 Å². The van der Waals surface area contributed by atoms with Gasteiger partial charge in [0, 0.05) is 26.7 Å². The maximum Gasteiger partial charge on any atom is 0.227 e. The molecule has 0 aliphatic carbocycles. The molecule has 1 aromatic heterocycles. The lowest BCUT2D eigenvalue weighted by Gasteiger charge is -2.25. The molecule has 0 bridgehead atoms. The van der Waals surface area contributed by atoms with Crippen molar-refractivity contribution in [3.05, 3.63) is 108 Å². The van der Waals surface area contributed by atoms with Crippen molar-refractivity contribution in [2.45, 2.75) is 26.0 Å². The first-order valence-electron chi connectivity index (χ1n) is 12.0. The highest BCUT2D eigenvalue weighted by Crippen LogP contribution is 2.32. The third kappa shape index (κ3) is 6.57. The van der Waals surface area contributed by atoms with Gasteiger partial charge in [-0.05, 0) is 43.2 Å². The van der Waals surface area contributed by atoms with E-state index in [2.05, 4.69) is 4.90 Å². The number of hydrogen-bond donors (Lipinski definition) is 1. The van der Waals surface area contributed by atoms with E-state index in [1.165, 1.54) is 6.07 Å². The first kappa shape index (κ1) is 25.6. The first-order chi connectivity index (χ1) is 17.5. The predicted octanol–water partition coefficient (Wildman–Crippen LogP) is 5.16. The lowest BCUT2D eigenvalue weighted by atomic mass is 10.1. The molecular formula is C29H32FN3O3. The fourth-order valence-corrected chi connectivity index (χ4v) is 4.13. The van der Waals surface area contributed by atoms with E-state index in [9.17, 15) is 9.50 Å². The lowest BCUT2D eigenvalue weighted by Crippen LogP contribution is -2.35. The van der Waals surface area contributed by atoms with Crippen LogP contribution in [-0.4, -0.2) is 52.7 Å². The number of aromatic nitrogens is 2.